The summed E-state index contributed by atoms with van der Waals surface area (Å²) in [5.41, 5.74) is 1.55. The highest BCUT2D eigenvalue weighted by Crippen LogP contribution is 2.19. The predicted molar refractivity (Wildman–Crippen MR) is 84.6 cm³/mol. The van der Waals surface area contributed by atoms with Crippen LogP contribution in [0.15, 0.2) is 24.3 Å². The Morgan fingerprint density at radius 3 is 2.83 bits per heavy atom. The minimum Gasteiger partial charge on any atom is -0.376 e. The molecule has 0 atom stereocenters. The van der Waals surface area contributed by atoms with Gasteiger partial charge in [0.15, 0.2) is 5.82 Å². The largest absolute Gasteiger partial charge is 0.376 e. The molecule has 1 aromatic heterocycles. The molecule has 0 saturated carbocycles. The lowest BCUT2D eigenvalue weighted by Gasteiger charge is -2.09. The average molecular weight is 317 g/mol. The Morgan fingerprint density at radius 1 is 1.30 bits per heavy atom. The van der Waals surface area contributed by atoms with Crippen molar-refractivity contribution in [3.63, 3.8) is 0 Å². The molecule has 2 rings (SSSR count). The number of anilines is 1. The Hall–Kier alpha value is -2.97. The fourth-order valence-electron chi connectivity index (χ4n) is 1.88. The van der Waals surface area contributed by atoms with Crippen LogP contribution in [0, 0.1) is 0 Å². The molecular weight excluding hydrogens is 298 g/mol. The molecule has 0 aliphatic rings. The van der Waals surface area contributed by atoms with E-state index >= 15 is 0 Å². The molecular formula is C14H19N7O2. The van der Waals surface area contributed by atoms with Gasteiger partial charge in [0.25, 0.3) is 0 Å². The van der Waals surface area contributed by atoms with E-state index in [2.05, 4.69) is 31.5 Å². The van der Waals surface area contributed by atoms with Gasteiger partial charge in [0.1, 0.15) is 0 Å². The number of amides is 3. The van der Waals surface area contributed by atoms with Crippen LogP contribution in [-0.4, -0.2) is 45.2 Å². The number of imide groups is 1. The van der Waals surface area contributed by atoms with Gasteiger partial charge in [-0.2, -0.15) is 0 Å². The number of nitrogens with zero attached hydrogens (tertiary/aromatic N) is 4. The molecule has 9 heteroatoms. The maximum absolute atomic E-state index is 11.7. The predicted octanol–water partition coefficient (Wildman–Crippen LogP) is 0.525. The third-order valence-corrected chi connectivity index (χ3v) is 2.98. The second kappa shape index (κ2) is 7.87. The van der Waals surface area contributed by atoms with E-state index in [4.69, 9.17) is 0 Å². The maximum atomic E-state index is 11.7. The Labute approximate surface area is 133 Å². The van der Waals surface area contributed by atoms with Crippen LogP contribution in [0.5, 0.6) is 0 Å². The van der Waals surface area contributed by atoms with E-state index in [9.17, 15) is 9.59 Å². The highest BCUT2D eigenvalue weighted by Gasteiger charge is 2.08. The Morgan fingerprint density at radius 2 is 2.13 bits per heavy atom. The van der Waals surface area contributed by atoms with E-state index in [0.29, 0.717) is 12.4 Å². The van der Waals surface area contributed by atoms with Gasteiger partial charge >= 0.3 is 6.03 Å². The number of carbonyl (C=O) groups excluding carboxylic acids is 2. The van der Waals surface area contributed by atoms with E-state index < -0.39 is 11.9 Å². The summed E-state index contributed by atoms with van der Waals surface area (Å²) in [6.07, 6.45) is 0.809. The topological polar surface area (TPSA) is 114 Å². The summed E-state index contributed by atoms with van der Waals surface area (Å²) in [6.45, 7) is 2.45. The number of hydrogen-bond donors (Lipinski definition) is 3. The normalized spacial score (nSPS) is 10.2. The summed E-state index contributed by atoms with van der Waals surface area (Å²) in [6, 6.07) is 6.86. The zero-order chi connectivity index (χ0) is 16.7. The molecule has 0 fully saturated rings. The van der Waals surface area contributed by atoms with E-state index in [0.717, 1.165) is 17.7 Å². The molecule has 1 heterocycles. The smallest absolute Gasteiger partial charge is 0.321 e. The number of carbonyl (C=O) groups is 2. The van der Waals surface area contributed by atoms with Crippen LogP contribution in [0.25, 0.3) is 11.4 Å². The van der Waals surface area contributed by atoms with Crippen LogP contribution in [0.1, 0.15) is 13.3 Å². The lowest BCUT2D eigenvalue weighted by molar-refractivity contribution is -0.118. The summed E-state index contributed by atoms with van der Waals surface area (Å²) in [5.74, 6) is 0.210. The number of nitrogens with one attached hydrogen (secondary N) is 3. The molecule has 2 aromatic rings. The number of tetrazole rings is 1. The van der Waals surface area contributed by atoms with Crippen LogP contribution in [0.3, 0.4) is 0 Å². The molecule has 9 nitrogen and oxygen atoms in total. The summed E-state index contributed by atoms with van der Waals surface area (Å²) < 4.78 is 1.56. The fraction of sp³-hybridized carbons (Fsp3) is 0.357. The van der Waals surface area contributed by atoms with Gasteiger partial charge in [0.2, 0.25) is 5.91 Å². The monoisotopic (exact) mass is 317 g/mol. The van der Waals surface area contributed by atoms with Gasteiger partial charge in [0, 0.05) is 24.8 Å². The van der Waals surface area contributed by atoms with Gasteiger partial charge in [0.05, 0.1) is 6.54 Å². The van der Waals surface area contributed by atoms with Gasteiger partial charge in [-0.25, -0.2) is 9.48 Å². The average Bonchev–Trinajstić information content (AvgIpc) is 2.97. The first-order valence-corrected chi connectivity index (χ1v) is 7.24. The first-order valence-electron chi connectivity index (χ1n) is 7.24. The van der Waals surface area contributed by atoms with Crippen molar-refractivity contribution in [2.45, 2.75) is 13.3 Å². The number of benzene rings is 1. The zero-order valence-electron chi connectivity index (χ0n) is 13.0. The van der Waals surface area contributed by atoms with Crippen molar-refractivity contribution in [3.05, 3.63) is 24.3 Å². The number of hydrogen-bond acceptors (Lipinski definition) is 6. The maximum Gasteiger partial charge on any atom is 0.321 e. The number of aryl methyl sites for hydroxylation is 1. The Bertz CT molecular complexity index is 683. The number of rotatable bonds is 6. The van der Waals surface area contributed by atoms with Crippen LogP contribution >= 0.6 is 0 Å². The molecule has 0 unspecified atom stereocenters. The van der Waals surface area contributed by atoms with E-state index in [-0.39, 0.29) is 6.54 Å². The van der Waals surface area contributed by atoms with E-state index in [1.165, 1.54) is 0 Å². The highest BCUT2D eigenvalue weighted by atomic mass is 16.2. The molecule has 0 aliphatic heterocycles. The first kappa shape index (κ1) is 16.4. The molecule has 3 N–H and O–H groups in total. The summed E-state index contributed by atoms with van der Waals surface area (Å²) >= 11 is 0. The van der Waals surface area contributed by atoms with Crippen molar-refractivity contribution in [1.29, 1.82) is 0 Å². The second-order valence-electron chi connectivity index (χ2n) is 4.86. The third-order valence-electron chi connectivity index (χ3n) is 2.98. The molecule has 3 amide bonds. The Balaban J connectivity index is 1.90. The van der Waals surface area contributed by atoms with Crippen molar-refractivity contribution in [2.75, 3.05) is 18.4 Å². The zero-order valence-corrected chi connectivity index (χ0v) is 13.0. The molecule has 122 valence electrons. The molecule has 0 aliphatic carbocycles. The van der Waals surface area contributed by atoms with Crippen LogP contribution < -0.4 is 16.0 Å². The second-order valence-corrected chi connectivity index (χ2v) is 4.86. The van der Waals surface area contributed by atoms with Gasteiger partial charge in [-0.1, -0.05) is 19.1 Å². The number of urea groups is 1. The molecule has 0 radical (unpaired) electrons. The van der Waals surface area contributed by atoms with Crippen LogP contribution in [-0.2, 0) is 11.8 Å². The minimum atomic E-state index is -0.488. The minimum absolute atomic E-state index is 0.0138. The lowest BCUT2D eigenvalue weighted by atomic mass is 10.2. The SMILES string of the molecule is CCCNC(=O)NC(=O)CNc1cccc(-c2nnnn2C)c1. The molecule has 1 aromatic carbocycles. The lowest BCUT2D eigenvalue weighted by Crippen LogP contribution is -2.42. The van der Waals surface area contributed by atoms with Crippen LogP contribution in [0.4, 0.5) is 10.5 Å². The van der Waals surface area contributed by atoms with Gasteiger partial charge < -0.3 is 10.6 Å². The molecule has 0 bridgehead atoms. The van der Waals surface area contributed by atoms with E-state index in [1.54, 1.807) is 11.7 Å². The highest BCUT2D eigenvalue weighted by molar-refractivity contribution is 5.96. The molecule has 0 saturated heterocycles. The summed E-state index contributed by atoms with van der Waals surface area (Å²) in [5, 5.41) is 19.1. The van der Waals surface area contributed by atoms with Crippen molar-refractivity contribution in [2.24, 2.45) is 7.05 Å². The first-order chi connectivity index (χ1) is 11.1. The third kappa shape index (κ3) is 4.77. The summed E-state index contributed by atoms with van der Waals surface area (Å²) in [7, 11) is 1.75. The quantitative estimate of drug-likeness (QED) is 0.716. The molecule has 0 spiro atoms. The Kier molecular flexibility index (Phi) is 5.61. The van der Waals surface area contributed by atoms with Crippen molar-refractivity contribution < 1.29 is 9.59 Å². The number of aromatic nitrogens is 4. The van der Waals surface area contributed by atoms with Gasteiger partial charge in [-0.15, -0.1) is 5.10 Å². The van der Waals surface area contributed by atoms with Gasteiger partial charge in [-0.05, 0) is 29.0 Å². The fourth-order valence-corrected chi connectivity index (χ4v) is 1.88. The summed E-state index contributed by atoms with van der Waals surface area (Å²) in [4.78, 5) is 23.1. The van der Waals surface area contributed by atoms with E-state index in [1.807, 2.05) is 31.2 Å². The van der Waals surface area contributed by atoms with Crippen molar-refractivity contribution >= 4 is 17.6 Å². The van der Waals surface area contributed by atoms with Crippen molar-refractivity contribution in [1.82, 2.24) is 30.8 Å². The van der Waals surface area contributed by atoms with Crippen LogP contribution in [0.2, 0.25) is 0 Å². The molecule has 23 heavy (non-hydrogen) atoms. The van der Waals surface area contributed by atoms with Gasteiger partial charge in [-0.3, -0.25) is 10.1 Å². The van der Waals surface area contributed by atoms with Crippen molar-refractivity contribution in [3.8, 4) is 11.4 Å². The standard InChI is InChI=1S/C14H19N7O2/c1-3-7-15-14(23)17-12(22)9-16-11-6-4-5-10(8-11)13-18-19-20-21(13)2/h4-6,8,16H,3,7,9H2,1-2H3,(H2,15,17,22,23).